The van der Waals surface area contributed by atoms with Crippen LogP contribution in [0.4, 0.5) is 32.0 Å². The van der Waals surface area contributed by atoms with Crippen molar-refractivity contribution in [3.05, 3.63) is 46.9 Å². The summed E-state index contributed by atoms with van der Waals surface area (Å²) in [5.41, 5.74) is 0.789. The molecule has 1 aliphatic carbocycles. The van der Waals surface area contributed by atoms with Gasteiger partial charge in [0.2, 0.25) is 5.91 Å². The van der Waals surface area contributed by atoms with Crippen LogP contribution in [-0.4, -0.2) is 63.4 Å². The van der Waals surface area contributed by atoms with Gasteiger partial charge in [0.25, 0.3) is 0 Å². The van der Waals surface area contributed by atoms with Gasteiger partial charge in [-0.05, 0) is 41.3 Å². The van der Waals surface area contributed by atoms with Gasteiger partial charge < -0.3 is 15.5 Å². The number of aromatic nitrogens is 1. The van der Waals surface area contributed by atoms with Gasteiger partial charge in [0.05, 0.1) is 11.9 Å². The van der Waals surface area contributed by atoms with Crippen molar-refractivity contribution in [2.24, 2.45) is 17.8 Å². The van der Waals surface area contributed by atoms with E-state index in [-0.39, 0.29) is 5.91 Å². The van der Waals surface area contributed by atoms with E-state index in [1.165, 1.54) is 4.88 Å². The number of rotatable bonds is 5. The van der Waals surface area contributed by atoms with E-state index in [4.69, 9.17) is 19.8 Å². The number of hydrogen-bond acceptors (Lipinski definition) is 6. The summed E-state index contributed by atoms with van der Waals surface area (Å²) < 4.78 is 63.5. The molecule has 0 radical (unpaired) electrons. The Morgan fingerprint density at radius 1 is 1.00 bits per heavy atom. The number of hydrogen-bond donors (Lipinski definition) is 3. The first-order chi connectivity index (χ1) is 16.7. The molecule has 0 bridgehead atoms. The molecule has 2 aliphatic rings. The summed E-state index contributed by atoms with van der Waals surface area (Å²) in [5, 5.41) is 19.3. The van der Waals surface area contributed by atoms with E-state index in [1.54, 1.807) is 12.4 Å². The Kier molecular flexibility index (Phi) is 9.81. The number of anilines is 1. The average Bonchev–Trinajstić information content (AvgIpc) is 3.15. The number of nitrogens with zero attached hydrogens (tertiary/aromatic N) is 2. The lowest BCUT2D eigenvalue weighted by atomic mass is 10.2. The van der Waals surface area contributed by atoms with Gasteiger partial charge in [-0.25, -0.2) is 9.59 Å². The Hall–Kier alpha value is -3.20. The van der Waals surface area contributed by atoms with Crippen molar-refractivity contribution in [1.29, 1.82) is 0 Å². The highest BCUT2D eigenvalue weighted by Crippen LogP contribution is 2.53. The maximum Gasteiger partial charge on any atom is 0.490 e. The molecule has 8 nitrogen and oxygen atoms in total. The first-order valence-corrected chi connectivity index (χ1v) is 11.1. The fraction of sp³-hybridized carbons (Fsp3) is 0.429. The fourth-order valence-electron chi connectivity index (χ4n) is 3.65. The lowest BCUT2D eigenvalue weighted by Crippen LogP contribution is -2.25. The topological polar surface area (TPSA) is 120 Å². The molecular weight excluding hydrogens is 520 g/mol. The minimum atomic E-state index is -5.08. The van der Waals surface area contributed by atoms with Crippen molar-refractivity contribution >= 4 is 34.9 Å². The van der Waals surface area contributed by atoms with Crippen molar-refractivity contribution in [1.82, 2.24) is 9.88 Å². The number of halogens is 6. The number of fused-ring (bicyclic) bond motifs is 1. The molecule has 4 rings (SSSR count). The first kappa shape index (κ1) is 29.0. The maximum absolute atomic E-state index is 12.1. The summed E-state index contributed by atoms with van der Waals surface area (Å²) in [6.07, 6.45) is -6.12. The molecule has 2 fully saturated rings. The second-order valence-electron chi connectivity index (χ2n) is 7.86. The highest BCUT2D eigenvalue weighted by molar-refractivity contribution is 7.09. The van der Waals surface area contributed by atoms with Crippen molar-refractivity contribution in [2.75, 3.05) is 18.4 Å². The summed E-state index contributed by atoms with van der Waals surface area (Å²) in [5.74, 6) is -3.37. The second-order valence-corrected chi connectivity index (χ2v) is 8.90. The summed E-state index contributed by atoms with van der Waals surface area (Å²) in [4.78, 5) is 37.8. The van der Waals surface area contributed by atoms with Crippen LogP contribution >= 0.6 is 11.3 Å². The van der Waals surface area contributed by atoms with Crippen LogP contribution in [0.25, 0.3) is 0 Å². The quantitative estimate of drug-likeness (QED) is 0.488. The minimum Gasteiger partial charge on any atom is -0.475 e. The van der Waals surface area contributed by atoms with Gasteiger partial charge in [0, 0.05) is 37.1 Å². The van der Waals surface area contributed by atoms with Crippen molar-refractivity contribution in [3.63, 3.8) is 0 Å². The molecule has 15 heteroatoms. The molecule has 0 aromatic carbocycles. The number of carboxylic acids is 2. The number of piperidine rings is 1. The average molecular weight is 541 g/mol. The number of carbonyl (C=O) groups excluding carboxylic acids is 1. The summed E-state index contributed by atoms with van der Waals surface area (Å²) in [6, 6.07) is 8.03. The summed E-state index contributed by atoms with van der Waals surface area (Å²) in [7, 11) is 0. The van der Waals surface area contributed by atoms with Crippen LogP contribution in [0, 0.1) is 17.8 Å². The van der Waals surface area contributed by atoms with E-state index < -0.39 is 24.3 Å². The van der Waals surface area contributed by atoms with Crippen LogP contribution < -0.4 is 5.32 Å². The molecule has 1 saturated carbocycles. The van der Waals surface area contributed by atoms with Crippen LogP contribution in [0.5, 0.6) is 0 Å². The van der Waals surface area contributed by atoms with E-state index in [0.717, 1.165) is 37.2 Å². The van der Waals surface area contributed by atoms with Gasteiger partial charge in [-0.1, -0.05) is 6.07 Å². The van der Waals surface area contributed by atoms with E-state index >= 15 is 0 Å². The van der Waals surface area contributed by atoms with Gasteiger partial charge in [-0.15, -0.1) is 11.3 Å². The number of thiophene rings is 1. The van der Waals surface area contributed by atoms with Crippen LogP contribution in [-0.2, 0) is 20.9 Å². The van der Waals surface area contributed by atoms with Crippen LogP contribution in [0.1, 0.15) is 11.3 Å². The Morgan fingerprint density at radius 2 is 1.56 bits per heavy atom. The maximum atomic E-state index is 12.1. The van der Waals surface area contributed by atoms with Crippen molar-refractivity contribution in [3.8, 4) is 0 Å². The highest BCUT2D eigenvalue weighted by Gasteiger charge is 2.55. The third kappa shape index (κ3) is 9.45. The number of aliphatic carboxylic acids is 2. The van der Waals surface area contributed by atoms with Gasteiger partial charge in [-0.2, -0.15) is 26.3 Å². The van der Waals surface area contributed by atoms with Crippen LogP contribution in [0.3, 0.4) is 0 Å². The lowest BCUT2D eigenvalue weighted by molar-refractivity contribution is -0.193. The zero-order valence-corrected chi connectivity index (χ0v) is 19.1. The zero-order valence-electron chi connectivity index (χ0n) is 18.3. The predicted molar refractivity (Wildman–Crippen MR) is 115 cm³/mol. The monoisotopic (exact) mass is 541 g/mol. The molecule has 1 saturated heterocycles. The van der Waals surface area contributed by atoms with Gasteiger partial charge in [0.1, 0.15) is 0 Å². The van der Waals surface area contributed by atoms with E-state index in [9.17, 15) is 31.1 Å². The van der Waals surface area contributed by atoms with Crippen LogP contribution in [0.2, 0.25) is 0 Å². The molecule has 198 valence electrons. The fourth-order valence-corrected chi connectivity index (χ4v) is 4.40. The third-order valence-electron chi connectivity index (χ3n) is 5.26. The molecule has 1 aliphatic heterocycles. The molecule has 3 heterocycles. The molecule has 1 amide bonds. The SMILES string of the molecule is O=C(CC1[C@H]2CN(Cc3cccs3)C[C@@H]12)Nc1cccnc1.O=C(O)C(F)(F)F.O=C(O)C(F)(F)F. The second kappa shape index (κ2) is 12.2. The number of pyridine rings is 1. The van der Waals surface area contributed by atoms with E-state index in [2.05, 4.69) is 32.7 Å². The molecule has 3 N–H and O–H groups in total. The normalized spacial score (nSPS) is 20.7. The number of likely N-dealkylation sites (tertiary alicyclic amines) is 1. The molecule has 3 atom stereocenters. The predicted octanol–water partition coefficient (Wildman–Crippen LogP) is 4.12. The molecule has 2 aromatic heterocycles. The molecule has 1 unspecified atom stereocenters. The van der Waals surface area contributed by atoms with Gasteiger partial charge in [-0.3, -0.25) is 14.7 Å². The number of alkyl halides is 6. The summed E-state index contributed by atoms with van der Waals surface area (Å²) >= 11 is 1.83. The number of nitrogens with one attached hydrogen (secondary N) is 1. The van der Waals surface area contributed by atoms with Crippen molar-refractivity contribution < 1.29 is 50.9 Å². The Balaban J connectivity index is 0.000000271. The van der Waals surface area contributed by atoms with E-state index in [1.807, 2.05) is 23.5 Å². The largest absolute Gasteiger partial charge is 0.490 e. The number of amides is 1. The highest BCUT2D eigenvalue weighted by atomic mass is 32.1. The Labute approximate surface area is 204 Å². The number of carbonyl (C=O) groups is 3. The Morgan fingerprint density at radius 3 is 1.97 bits per heavy atom. The summed E-state index contributed by atoms with van der Waals surface area (Å²) in [6.45, 7) is 3.36. The minimum absolute atomic E-state index is 0.122. The standard InChI is InChI=1S/C17H19N3OS.2C2HF3O2/c21-17(19-12-3-1-5-18-8-12)7-14-15-10-20(11-16(14)15)9-13-4-2-6-22-13;2*3-2(4,5)1(6)7/h1-6,8,14-16H,7,9-11H2,(H,19,21);2*(H,6,7)/t14?,15-,16+;;. The van der Waals surface area contributed by atoms with Crippen molar-refractivity contribution in [2.45, 2.75) is 25.3 Å². The van der Waals surface area contributed by atoms with Crippen LogP contribution in [0.15, 0.2) is 42.0 Å². The molecule has 2 aromatic rings. The van der Waals surface area contributed by atoms with Gasteiger partial charge in [0.15, 0.2) is 0 Å². The van der Waals surface area contributed by atoms with Gasteiger partial charge >= 0.3 is 24.3 Å². The zero-order chi connectivity index (χ0) is 27.1. The lowest BCUT2D eigenvalue weighted by Gasteiger charge is -2.18. The Bertz CT molecular complexity index is 981. The van der Waals surface area contributed by atoms with E-state index in [0.29, 0.717) is 12.3 Å². The third-order valence-corrected chi connectivity index (χ3v) is 6.12. The molecular formula is C21H21F6N3O5S. The molecule has 0 spiro atoms. The smallest absolute Gasteiger partial charge is 0.475 e. The first-order valence-electron chi connectivity index (χ1n) is 10.2. The number of carboxylic acid groups (broad SMARTS) is 2. The molecule has 36 heavy (non-hydrogen) atoms.